The van der Waals surface area contributed by atoms with Crippen molar-refractivity contribution in [1.29, 1.82) is 0 Å². The molecule has 4 aromatic rings. The zero-order chi connectivity index (χ0) is 21.6. The second kappa shape index (κ2) is 9.21. The topological polar surface area (TPSA) is 81.4 Å². The number of carbonyl (C=O) groups excluding carboxylic acids is 2. The summed E-state index contributed by atoms with van der Waals surface area (Å²) in [6, 6.07) is 21.4. The number of anilines is 1. The van der Waals surface area contributed by atoms with E-state index in [1.165, 1.54) is 24.3 Å². The van der Waals surface area contributed by atoms with Crippen molar-refractivity contribution in [3.8, 4) is 0 Å². The number of carbonyl (C=O) groups is 2. The third-order valence-electron chi connectivity index (χ3n) is 4.58. The molecule has 3 aromatic carbocycles. The fourth-order valence-electron chi connectivity index (χ4n) is 3.07. The molecule has 31 heavy (non-hydrogen) atoms. The number of ether oxygens (including phenoxy) is 1. The molecule has 0 aliphatic heterocycles. The van der Waals surface area contributed by atoms with Gasteiger partial charge in [-0.05, 0) is 36.4 Å². The van der Waals surface area contributed by atoms with Crippen molar-refractivity contribution in [2.24, 2.45) is 0 Å². The molecule has 6 nitrogen and oxygen atoms in total. The molecular weight excluding hydrogens is 399 g/mol. The predicted molar refractivity (Wildman–Crippen MR) is 113 cm³/mol. The summed E-state index contributed by atoms with van der Waals surface area (Å²) in [5.41, 5.74) is 2.28. The Labute approximate surface area is 177 Å². The van der Waals surface area contributed by atoms with Gasteiger partial charge in [0.15, 0.2) is 11.5 Å². The number of hydrogen-bond acceptors (Lipinski definition) is 5. The molecule has 0 spiro atoms. The first-order chi connectivity index (χ1) is 15.1. The number of amides is 1. The monoisotopic (exact) mass is 418 g/mol. The van der Waals surface area contributed by atoms with Crippen molar-refractivity contribution < 1.29 is 23.1 Å². The molecule has 0 saturated heterocycles. The van der Waals surface area contributed by atoms with Gasteiger partial charge in [0.25, 0.3) is 5.91 Å². The van der Waals surface area contributed by atoms with Crippen molar-refractivity contribution in [2.45, 2.75) is 18.9 Å². The Hall–Kier alpha value is -4.00. The number of fused-ring (bicyclic) bond motifs is 1. The normalized spacial score (nSPS) is 11.8. The van der Waals surface area contributed by atoms with E-state index in [1.54, 1.807) is 36.4 Å². The summed E-state index contributed by atoms with van der Waals surface area (Å²) in [4.78, 5) is 29.6. The fourth-order valence-corrected chi connectivity index (χ4v) is 3.07. The number of para-hydroxylation sites is 2. The number of nitrogens with one attached hydrogen (secondary N) is 1. The number of esters is 1. The highest BCUT2D eigenvalue weighted by Gasteiger charge is 2.25. The maximum Gasteiger partial charge on any atom is 0.307 e. The van der Waals surface area contributed by atoms with Crippen LogP contribution in [0.2, 0.25) is 0 Å². The van der Waals surface area contributed by atoms with Crippen molar-refractivity contribution in [2.75, 3.05) is 5.32 Å². The zero-order valence-corrected chi connectivity index (χ0v) is 16.5. The molecule has 4 rings (SSSR count). The van der Waals surface area contributed by atoms with E-state index in [4.69, 9.17) is 9.15 Å². The molecular formula is C24H19FN2O4. The molecule has 0 aliphatic carbocycles. The van der Waals surface area contributed by atoms with Crippen LogP contribution in [0.3, 0.4) is 0 Å². The third-order valence-corrected chi connectivity index (χ3v) is 4.58. The van der Waals surface area contributed by atoms with Crippen LogP contribution < -0.4 is 5.32 Å². The Kier molecular flexibility index (Phi) is 6.03. The second-order valence-corrected chi connectivity index (χ2v) is 6.85. The highest BCUT2D eigenvalue weighted by Crippen LogP contribution is 2.22. The molecule has 1 aromatic heterocycles. The summed E-state index contributed by atoms with van der Waals surface area (Å²) in [5.74, 6) is -1.09. The lowest BCUT2D eigenvalue weighted by Crippen LogP contribution is -2.26. The molecule has 1 atom stereocenters. The minimum Gasteiger partial charge on any atom is -0.447 e. The maximum atomic E-state index is 13.1. The molecule has 0 saturated carbocycles. The van der Waals surface area contributed by atoms with Gasteiger partial charge in [-0.15, -0.1) is 0 Å². The van der Waals surface area contributed by atoms with Crippen molar-refractivity contribution in [3.05, 3.63) is 96.1 Å². The van der Waals surface area contributed by atoms with Gasteiger partial charge in [-0.3, -0.25) is 9.59 Å². The standard InChI is InChI=1S/C24H19FN2O4/c25-17-10-12-18(13-11-17)26-24(29)23(16-6-2-1-3-7-16)31-22(28)15-14-21-27-19-8-4-5-9-20(19)30-21/h1-13,23H,14-15H2,(H,26,29)/t23-/m1/s1. The molecule has 1 amide bonds. The zero-order valence-electron chi connectivity index (χ0n) is 16.5. The van der Waals surface area contributed by atoms with Crippen LogP contribution in [0.4, 0.5) is 10.1 Å². The number of hydrogen-bond donors (Lipinski definition) is 1. The van der Waals surface area contributed by atoms with Crippen molar-refractivity contribution >= 4 is 28.7 Å². The predicted octanol–water partition coefficient (Wildman–Crippen LogP) is 4.82. The van der Waals surface area contributed by atoms with Crippen molar-refractivity contribution in [1.82, 2.24) is 4.98 Å². The van der Waals surface area contributed by atoms with Gasteiger partial charge in [-0.1, -0.05) is 42.5 Å². The smallest absolute Gasteiger partial charge is 0.307 e. The largest absolute Gasteiger partial charge is 0.447 e. The molecule has 0 fully saturated rings. The average Bonchev–Trinajstić information content (AvgIpc) is 3.21. The van der Waals surface area contributed by atoms with Crippen LogP contribution in [0.25, 0.3) is 11.1 Å². The molecule has 0 bridgehead atoms. The molecule has 0 radical (unpaired) electrons. The average molecular weight is 418 g/mol. The van der Waals surface area contributed by atoms with Crippen LogP contribution in [0.5, 0.6) is 0 Å². The molecule has 1 N–H and O–H groups in total. The summed E-state index contributed by atoms with van der Waals surface area (Å²) < 4.78 is 24.2. The number of nitrogens with zero attached hydrogens (tertiary/aromatic N) is 1. The Balaban J connectivity index is 1.44. The van der Waals surface area contributed by atoms with E-state index in [0.717, 1.165) is 0 Å². The Morgan fingerprint density at radius 3 is 2.42 bits per heavy atom. The van der Waals surface area contributed by atoms with E-state index in [0.29, 0.717) is 28.2 Å². The van der Waals surface area contributed by atoms with Crippen molar-refractivity contribution in [3.63, 3.8) is 0 Å². The Morgan fingerprint density at radius 2 is 1.68 bits per heavy atom. The fraction of sp³-hybridized carbons (Fsp3) is 0.125. The van der Waals surface area contributed by atoms with Gasteiger partial charge in [0, 0.05) is 17.7 Å². The Bertz CT molecular complexity index is 1160. The number of halogens is 1. The first kappa shape index (κ1) is 20.3. The van der Waals surface area contributed by atoms with Gasteiger partial charge >= 0.3 is 5.97 Å². The van der Waals surface area contributed by atoms with Gasteiger partial charge in [0.05, 0.1) is 6.42 Å². The summed E-state index contributed by atoms with van der Waals surface area (Å²) in [6.07, 6.45) is -0.906. The van der Waals surface area contributed by atoms with Gasteiger partial charge in [-0.25, -0.2) is 9.37 Å². The molecule has 1 heterocycles. The van der Waals surface area contributed by atoms with Crippen LogP contribution in [-0.2, 0) is 20.7 Å². The first-order valence-electron chi connectivity index (χ1n) is 9.74. The summed E-state index contributed by atoms with van der Waals surface area (Å²) in [7, 11) is 0. The van der Waals surface area contributed by atoms with Gasteiger partial charge in [0.1, 0.15) is 11.3 Å². The van der Waals surface area contributed by atoms with E-state index in [9.17, 15) is 14.0 Å². The number of aromatic nitrogens is 1. The van der Waals surface area contributed by atoms with E-state index >= 15 is 0 Å². The highest BCUT2D eigenvalue weighted by atomic mass is 19.1. The van der Waals surface area contributed by atoms with E-state index in [-0.39, 0.29) is 12.8 Å². The summed E-state index contributed by atoms with van der Waals surface area (Å²) in [5, 5.41) is 2.65. The molecule has 0 aliphatic rings. The van der Waals surface area contributed by atoms with Crippen LogP contribution >= 0.6 is 0 Å². The molecule has 156 valence electrons. The van der Waals surface area contributed by atoms with Crippen LogP contribution in [-0.4, -0.2) is 16.9 Å². The van der Waals surface area contributed by atoms with E-state index in [1.807, 2.05) is 18.2 Å². The van der Waals surface area contributed by atoms with Crippen LogP contribution in [0, 0.1) is 5.82 Å². The second-order valence-electron chi connectivity index (χ2n) is 6.85. The number of benzene rings is 3. The lowest BCUT2D eigenvalue weighted by molar-refractivity contribution is -0.154. The SMILES string of the molecule is O=C(CCc1nc2ccccc2o1)O[C@@H](C(=O)Nc1ccc(F)cc1)c1ccccc1. The lowest BCUT2D eigenvalue weighted by Gasteiger charge is -2.18. The summed E-state index contributed by atoms with van der Waals surface area (Å²) >= 11 is 0. The first-order valence-corrected chi connectivity index (χ1v) is 9.74. The minimum absolute atomic E-state index is 0.0000162. The number of aryl methyl sites for hydroxylation is 1. The number of oxazole rings is 1. The van der Waals surface area contributed by atoms with Crippen LogP contribution in [0.15, 0.2) is 83.3 Å². The summed E-state index contributed by atoms with van der Waals surface area (Å²) in [6.45, 7) is 0. The third kappa shape index (κ3) is 5.14. The van der Waals surface area contributed by atoms with E-state index < -0.39 is 23.8 Å². The Morgan fingerprint density at radius 1 is 0.968 bits per heavy atom. The minimum atomic E-state index is -1.15. The molecule has 0 unspecified atom stereocenters. The van der Waals surface area contributed by atoms with Gasteiger partial charge in [0.2, 0.25) is 6.10 Å². The quantitative estimate of drug-likeness (QED) is 0.435. The maximum absolute atomic E-state index is 13.1. The number of rotatable bonds is 7. The van der Waals surface area contributed by atoms with Gasteiger partial charge in [-0.2, -0.15) is 0 Å². The van der Waals surface area contributed by atoms with Crippen LogP contribution in [0.1, 0.15) is 24.0 Å². The van der Waals surface area contributed by atoms with E-state index in [2.05, 4.69) is 10.3 Å². The van der Waals surface area contributed by atoms with Gasteiger partial charge < -0.3 is 14.5 Å². The molecule has 7 heteroatoms. The lowest BCUT2D eigenvalue weighted by atomic mass is 10.1. The highest BCUT2D eigenvalue weighted by molar-refractivity contribution is 5.96.